The second kappa shape index (κ2) is 5.20. The number of rotatable bonds is 3. The van der Waals surface area contributed by atoms with Crippen molar-refractivity contribution < 1.29 is 0 Å². The monoisotopic (exact) mass is 280 g/mol. The minimum atomic E-state index is 0.720. The summed E-state index contributed by atoms with van der Waals surface area (Å²) in [5, 5.41) is 1.11. The molecule has 0 saturated carbocycles. The Morgan fingerprint density at radius 2 is 1.95 bits per heavy atom. The second-order valence-corrected chi connectivity index (χ2v) is 5.43. The van der Waals surface area contributed by atoms with Crippen molar-refractivity contribution in [3.05, 3.63) is 41.9 Å². The standard InChI is InChI=1S/C17H20N4/c1-4-5-15-20-16(17(18)21(15)3)13-8-9-14-12(10-13)7-6-11(2)19-14/h6-10H,4-5,18H2,1-3H3. The Kier molecular flexibility index (Phi) is 3.37. The molecule has 0 aliphatic carbocycles. The maximum absolute atomic E-state index is 6.22. The summed E-state index contributed by atoms with van der Waals surface area (Å²) in [5.74, 6) is 1.75. The van der Waals surface area contributed by atoms with E-state index >= 15 is 0 Å². The molecule has 1 aromatic carbocycles. The molecule has 0 aliphatic heterocycles. The molecule has 0 atom stereocenters. The highest BCUT2D eigenvalue weighted by Gasteiger charge is 2.13. The van der Waals surface area contributed by atoms with Crippen LogP contribution in [0, 0.1) is 6.92 Å². The van der Waals surface area contributed by atoms with Gasteiger partial charge in [0.2, 0.25) is 0 Å². The Morgan fingerprint density at radius 1 is 1.14 bits per heavy atom. The lowest BCUT2D eigenvalue weighted by atomic mass is 10.1. The zero-order chi connectivity index (χ0) is 15.0. The van der Waals surface area contributed by atoms with Crippen LogP contribution in [-0.4, -0.2) is 14.5 Å². The van der Waals surface area contributed by atoms with Crippen molar-refractivity contribution >= 4 is 16.7 Å². The van der Waals surface area contributed by atoms with Gasteiger partial charge in [-0.3, -0.25) is 4.98 Å². The molecule has 2 N–H and O–H groups in total. The third-order valence-electron chi connectivity index (χ3n) is 3.81. The van der Waals surface area contributed by atoms with Crippen molar-refractivity contribution in [1.29, 1.82) is 0 Å². The maximum Gasteiger partial charge on any atom is 0.131 e. The van der Waals surface area contributed by atoms with Gasteiger partial charge in [0.15, 0.2) is 0 Å². The zero-order valence-electron chi connectivity index (χ0n) is 12.7. The van der Waals surface area contributed by atoms with Gasteiger partial charge in [0, 0.05) is 30.1 Å². The maximum atomic E-state index is 6.22. The minimum Gasteiger partial charge on any atom is -0.383 e. The van der Waals surface area contributed by atoms with Gasteiger partial charge in [-0.1, -0.05) is 19.1 Å². The highest BCUT2D eigenvalue weighted by atomic mass is 15.1. The van der Waals surface area contributed by atoms with Gasteiger partial charge in [0.1, 0.15) is 17.3 Å². The summed E-state index contributed by atoms with van der Waals surface area (Å²) in [6, 6.07) is 10.3. The van der Waals surface area contributed by atoms with Gasteiger partial charge in [-0.2, -0.15) is 0 Å². The van der Waals surface area contributed by atoms with Crippen LogP contribution in [0.1, 0.15) is 24.9 Å². The van der Waals surface area contributed by atoms with Crippen LogP contribution < -0.4 is 5.73 Å². The lowest BCUT2D eigenvalue weighted by Gasteiger charge is -2.03. The summed E-state index contributed by atoms with van der Waals surface area (Å²) in [6.45, 7) is 4.15. The fourth-order valence-electron chi connectivity index (χ4n) is 2.59. The molecule has 3 rings (SSSR count). The number of hydrogen-bond acceptors (Lipinski definition) is 3. The van der Waals surface area contributed by atoms with Crippen LogP contribution in [0.3, 0.4) is 0 Å². The van der Waals surface area contributed by atoms with Crippen molar-refractivity contribution in [3.8, 4) is 11.3 Å². The van der Waals surface area contributed by atoms with Crippen LogP contribution in [0.15, 0.2) is 30.3 Å². The molecule has 3 aromatic rings. The fraction of sp³-hybridized carbons (Fsp3) is 0.294. The van der Waals surface area contributed by atoms with E-state index in [9.17, 15) is 0 Å². The second-order valence-electron chi connectivity index (χ2n) is 5.43. The number of nitrogen functional groups attached to an aromatic ring is 1. The SMILES string of the molecule is CCCc1nc(-c2ccc3nc(C)ccc3c2)c(N)n1C. The molecule has 0 bridgehead atoms. The summed E-state index contributed by atoms with van der Waals surface area (Å²) in [7, 11) is 1.97. The van der Waals surface area contributed by atoms with E-state index in [1.54, 1.807) is 0 Å². The molecular weight excluding hydrogens is 260 g/mol. The third kappa shape index (κ3) is 2.37. The van der Waals surface area contributed by atoms with Crippen molar-refractivity contribution in [2.75, 3.05) is 5.73 Å². The van der Waals surface area contributed by atoms with Crippen molar-refractivity contribution in [1.82, 2.24) is 14.5 Å². The van der Waals surface area contributed by atoms with Gasteiger partial charge in [0.25, 0.3) is 0 Å². The van der Waals surface area contributed by atoms with E-state index in [2.05, 4.69) is 24.0 Å². The van der Waals surface area contributed by atoms with E-state index in [1.807, 2.05) is 36.7 Å². The predicted molar refractivity (Wildman–Crippen MR) is 87.1 cm³/mol. The van der Waals surface area contributed by atoms with Crippen LogP contribution in [-0.2, 0) is 13.5 Å². The Balaban J connectivity index is 2.12. The molecule has 2 aromatic heterocycles. The first-order chi connectivity index (χ1) is 10.1. The first-order valence-corrected chi connectivity index (χ1v) is 7.29. The number of aryl methyl sites for hydroxylation is 2. The van der Waals surface area contributed by atoms with Crippen LogP contribution in [0.25, 0.3) is 22.2 Å². The summed E-state index contributed by atoms with van der Waals surface area (Å²) in [4.78, 5) is 9.24. The number of nitrogens with zero attached hydrogens (tertiary/aromatic N) is 3. The van der Waals surface area contributed by atoms with Gasteiger partial charge < -0.3 is 10.3 Å². The van der Waals surface area contributed by atoms with Crippen molar-refractivity contribution in [2.24, 2.45) is 7.05 Å². The summed E-state index contributed by atoms with van der Waals surface area (Å²) < 4.78 is 1.98. The van der Waals surface area contributed by atoms with Crippen LogP contribution >= 0.6 is 0 Å². The quantitative estimate of drug-likeness (QED) is 0.799. The van der Waals surface area contributed by atoms with E-state index < -0.39 is 0 Å². The Bertz CT molecular complexity index is 802. The number of pyridine rings is 1. The molecule has 0 radical (unpaired) electrons. The van der Waals surface area contributed by atoms with Gasteiger partial charge in [-0.05, 0) is 31.5 Å². The summed E-state index contributed by atoms with van der Waals surface area (Å²) >= 11 is 0. The van der Waals surface area contributed by atoms with E-state index in [0.717, 1.165) is 52.3 Å². The number of hydrogen-bond donors (Lipinski definition) is 1. The number of fused-ring (bicyclic) bond motifs is 1. The zero-order valence-corrected chi connectivity index (χ0v) is 12.7. The normalized spacial score (nSPS) is 11.2. The van der Waals surface area contributed by atoms with Gasteiger partial charge >= 0.3 is 0 Å². The lowest BCUT2D eigenvalue weighted by Crippen LogP contribution is -2.01. The highest BCUT2D eigenvalue weighted by molar-refractivity contribution is 5.85. The van der Waals surface area contributed by atoms with E-state index in [4.69, 9.17) is 10.7 Å². The van der Waals surface area contributed by atoms with E-state index in [1.165, 1.54) is 0 Å². The van der Waals surface area contributed by atoms with Gasteiger partial charge in [0.05, 0.1) is 5.52 Å². The van der Waals surface area contributed by atoms with Gasteiger partial charge in [-0.25, -0.2) is 4.98 Å². The molecule has 0 aliphatic rings. The van der Waals surface area contributed by atoms with Crippen molar-refractivity contribution in [2.45, 2.75) is 26.7 Å². The number of nitrogens with two attached hydrogens (primary N) is 1. The molecule has 21 heavy (non-hydrogen) atoms. The number of benzene rings is 1. The Morgan fingerprint density at radius 3 is 2.71 bits per heavy atom. The predicted octanol–water partition coefficient (Wildman–Crippen LogP) is 3.48. The van der Waals surface area contributed by atoms with Gasteiger partial charge in [-0.15, -0.1) is 0 Å². The highest BCUT2D eigenvalue weighted by Crippen LogP contribution is 2.28. The van der Waals surface area contributed by atoms with Crippen molar-refractivity contribution in [3.63, 3.8) is 0 Å². The topological polar surface area (TPSA) is 56.7 Å². The average molecular weight is 280 g/mol. The molecule has 0 spiro atoms. The molecule has 2 heterocycles. The summed E-state index contributed by atoms with van der Waals surface area (Å²) in [6.07, 6.45) is 2.00. The fourth-order valence-corrected chi connectivity index (χ4v) is 2.59. The smallest absolute Gasteiger partial charge is 0.131 e. The molecule has 0 amide bonds. The molecule has 108 valence electrons. The molecular formula is C17H20N4. The number of anilines is 1. The van der Waals surface area contributed by atoms with E-state index in [-0.39, 0.29) is 0 Å². The molecule has 0 fully saturated rings. The largest absolute Gasteiger partial charge is 0.383 e. The Labute approximate surface area is 124 Å². The molecule has 0 saturated heterocycles. The molecule has 0 unspecified atom stereocenters. The third-order valence-corrected chi connectivity index (χ3v) is 3.81. The number of aromatic nitrogens is 3. The number of imidazole rings is 1. The van der Waals surface area contributed by atoms with Crippen LogP contribution in [0.5, 0.6) is 0 Å². The minimum absolute atomic E-state index is 0.720. The average Bonchev–Trinajstić information content (AvgIpc) is 2.76. The first kappa shape index (κ1) is 13.6. The van der Waals surface area contributed by atoms with Crippen LogP contribution in [0.4, 0.5) is 5.82 Å². The van der Waals surface area contributed by atoms with E-state index in [0.29, 0.717) is 0 Å². The first-order valence-electron chi connectivity index (χ1n) is 7.29. The Hall–Kier alpha value is -2.36. The summed E-state index contributed by atoms with van der Waals surface area (Å²) in [5.41, 5.74) is 10.2. The molecule has 4 heteroatoms. The molecule has 4 nitrogen and oxygen atoms in total. The lowest BCUT2D eigenvalue weighted by molar-refractivity contribution is 0.764. The van der Waals surface area contributed by atoms with Crippen LogP contribution in [0.2, 0.25) is 0 Å².